The van der Waals surface area contributed by atoms with Crippen LogP contribution in [0.3, 0.4) is 0 Å². The van der Waals surface area contributed by atoms with Crippen LogP contribution in [0, 0.1) is 0 Å². The Labute approximate surface area is 170 Å². The summed E-state index contributed by atoms with van der Waals surface area (Å²) in [6, 6.07) is 13.6. The van der Waals surface area contributed by atoms with Crippen molar-refractivity contribution >= 4 is 23.2 Å². The summed E-state index contributed by atoms with van der Waals surface area (Å²) < 4.78 is 10.7. The smallest absolute Gasteiger partial charge is 0.278 e. The minimum Gasteiger partial charge on any atom is -0.454 e. The lowest BCUT2D eigenvalue weighted by Crippen LogP contribution is -3.19. The van der Waals surface area contributed by atoms with Crippen molar-refractivity contribution in [2.24, 2.45) is 0 Å². The lowest BCUT2D eigenvalue weighted by Gasteiger charge is -2.36. The van der Waals surface area contributed by atoms with Gasteiger partial charge < -0.3 is 24.6 Å². The summed E-state index contributed by atoms with van der Waals surface area (Å²) in [5.41, 5.74) is 2.15. The van der Waals surface area contributed by atoms with Crippen molar-refractivity contribution < 1.29 is 19.2 Å². The number of piperazine rings is 1. The summed E-state index contributed by atoms with van der Waals surface area (Å²) in [6.07, 6.45) is 0. The van der Waals surface area contributed by atoms with Gasteiger partial charge in [0.25, 0.3) is 5.91 Å². The number of halogens is 1. The average molecular weight is 403 g/mol. The van der Waals surface area contributed by atoms with Gasteiger partial charge in [-0.05, 0) is 42.8 Å². The van der Waals surface area contributed by atoms with E-state index in [9.17, 15) is 4.79 Å². The van der Waals surface area contributed by atoms with Gasteiger partial charge in [-0.15, -0.1) is 0 Å². The molecule has 7 heteroatoms. The average Bonchev–Trinajstić information content (AvgIpc) is 3.19. The number of anilines is 1. The summed E-state index contributed by atoms with van der Waals surface area (Å²) in [6.45, 7) is 6.41. The second-order valence-electron chi connectivity index (χ2n) is 7.25. The maximum Gasteiger partial charge on any atom is 0.278 e. The molecule has 2 aromatic rings. The zero-order valence-electron chi connectivity index (χ0n) is 15.9. The molecule has 4 rings (SSSR count). The van der Waals surface area contributed by atoms with Crippen molar-refractivity contribution in [1.82, 2.24) is 5.32 Å². The third-order valence-electron chi connectivity index (χ3n) is 5.49. The van der Waals surface area contributed by atoms with Crippen molar-refractivity contribution in [2.75, 3.05) is 37.9 Å². The number of quaternary nitrogens is 1. The van der Waals surface area contributed by atoms with Crippen LogP contribution in [0.25, 0.3) is 0 Å². The van der Waals surface area contributed by atoms with Crippen LogP contribution < -0.4 is 24.6 Å². The first-order chi connectivity index (χ1) is 13.6. The fourth-order valence-electron chi connectivity index (χ4n) is 3.74. The van der Waals surface area contributed by atoms with E-state index in [1.807, 2.05) is 43.3 Å². The molecule has 148 valence electrons. The first-order valence-corrected chi connectivity index (χ1v) is 9.99. The largest absolute Gasteiger partial charge is 0.454 e. The molecule has 1 fully saturated rings. The minimum atomic E-state index is -0.0875. The van der Waals surface area contributed by atoms with Gasteiger partial charge in [0, 0.05) is 17.3 Å². The zero-order chi connectivity index (χ0) is 19.5. The summed E-state index contributed by atoms with van der Waals surface area (Å²) in [5, 5.41) is 3.80. The summed E-state index contributed by atoms with van der Waals surface area (Å²) in [7, 11) is 0. The Balaban J connectivity index is 1.27. The van der Waals surface area contributed by atoms with Gasteiger partial charge in [-0.2, -0.15) is 0 Å². The van der Waals surface area contributed by atoms with Crippen LogP contribution in [0.5, 0.6) is 11.5 Å². The molecule has 1 atom stereocenters. The molecule has 2 heterocycles. The molecular weight excluding hydrogens is 378 g/mol. The van der Waals surface area contributed by atoms with Gasteiger partial charge in [0.1, 0.15) is 0 Å². The van der Waals surface area contributed by atoms with Crippen LogP contribution >= 0.6 is 11.6 Å². The van der Waals surface area contributed by atoms with Gasteiger partial charge >= 0.3 is 0 Å². The number of nitrogens with one attached hydrogen (secondary N) is 2. The fourth-order valence-corrected chi connectivity index (χ4v) is 3.92. The highest BCUT2D eigenvalue weighted by molar-refractivity contribution is 6.30. The number of rotatable bonds is 5. The second kappa shape index (κ2) is 8.29. The lowest BCUT2D eigenvalue weighted by atomic mass is 10.1. The maximum atomic E-state index is 12.6. The number of fused-ring (bicyclic) bond motifs is 1. The van der Waals surface area contributed by atoms with E-state index in [4.69, 9.17) is 21.1 Å². The molecule has 0 aromatic heterocycles. The van der Waals surface area contributed by atoms with Crippen LogP contribution in [0.4, 0.5) is 5.69 Å². The third-order valence-corrected chi connectivity index (χ3v) is 5.72. The summed E-state index contributed by atoms with van der Waals surface area (Å²) >= 11 is 6.10. The van der Waals surface area contributed by atoms with E-state index in [1.54, 1.807) is 0 Å². The normalized spacial score (nSPS) is 17.4. The van der Waals surface area contributed by atoms with E-state index in [1.165, 1.54) is 4.90 Å². The molecule has 2 N–H and O–H groups in total. The van der Waals surface area contributed by atoms with E-state index < -0.39 is 0 Å². The summed E-state index contributed by atoms with van der Waals surface area (Å²) in [4.78, 5) is 16.3. The van der Waals surface area contributed by atoms with Crippen LogP contribution in [-0.2, 0) is 11.3 Å². The van der Waals surface area contributed by atoms with Gasteiger partial charge in [0.05, 0.1) is 26.2 Å². The molecule has 6 nitrogen and oxygen atoms in total. The number of carbonyl (C=O) groups is 1. The van der Waals surface area contributed by atoms with Gasteiger partial charge in [-0.1, -0.05) is 23.7 Å². The molecule has 2 aliphatic heterocycles. The molecular formula is C21H25ClN3O3+. The molecule has 2 aromatic carbocycles. The number of nitrogens with zero attached hydrogens (tertiary/aromatic N) is 1. The highest BCUT2D eigenvalue weighted by atomic mass is 35.5. The Morgan fingerprint density at radius 3 is 2.75 bits per heavy atom. The minimum absolute atomic E-state index is 0.0730. The Morgan fingerprint density at radius 1 is 1.18 bits per heavy atom. The van der Waals surface area contributed by atoms with E-state index in [2.05, 4.69) is 16.3 Å². The first-order valence-electron chi connectivity index (χ1n) is 9.61. The summed E-state index contributed by atoms with van der Waals surface area (Å²) in [5.74, 6) is 1.57. The predicted octanol–water partition coefficient (Wildman–Crippen LogP) is 1.48. The number of carbonyl (C=O) groups excluding carboxylic acids is 1. The number of ether oxygens (including phenoxy) is 2. The number of hydrogen-bond acceptors (Lipinski definition) is 4. The molecule has 2 aliphatic rings. The van der Waals surface area contributed by atoms with E-state index >= 15 is 0 Å². The Hall–Kier alpha value is -2.44. The Kier molecular flexibility index (Phi) is 5.59. The van der Waals surface area contributed by atoms with Crippen molar-refractivity contribution in [2.45, 2.75) is 19.5 Å². The molecule has 0 aliphatic carbocycles. The number of amides is 1. The standard InChI is InChI=1S/C21H24ClN3O3/c1-15(21(26)23-13-16-5-6-19-20(11-16)28-14-27-19)24-7-9-25(10-8-24)18-4-2-3-17(22)12-18/h2-6,11-12,15H,7-10,13-14H2,1H3,(H,23,26)/p+1/t15-/m1/s1. The van der Waals surface area contributed by atoms with Gasteiger partial charge in [-0.25, -0.2) is 0 Å². The molecule has 28 heavy (non-hydrogen) atoms. The predicted molar refractivity (Wildman–Crippen MR) is 108 cm³/mol. The molecule has 0 spiro atoms. The molecule has 1 saturated heterocycles. The van der Waals surface area contributed by atoms with Gasteiger partial charge in [0.15, 0.2) is 17.5 Å². The monoisotopic (exact) mass is 402 g/mol. The van der Waals surface area contributed by atoms with E-state index in [-0.39, 0.29) is 18.7 Å². The fraction of sp³-hybridized carbons (Fsp3) is 0.381. The highest BCUT2D eigenvalue weighted by Gasteiger charge is 2.29. The highest BCUT2D eigenvalue weighted by Crippen LogP contribution is 2.32. The van der Waals surface area contributed by atoms with E-state index in [0.29, 0.717) is 6.54 Å². The van der Waals surface area contributed by atoms with Crippen LogP contribution in [-0.4, -0.2) is 44.9 Å². The van der Waals surface area contributed by atoms with Crippen LogP contribution in [0.2, 0.25) is 5.02 Å². The van der Waals surface area contributed by atoms with Crippen molar-refractivity contribution in [3.63, 3.8) is 0 Å². The first kappa shape index (κ1) is 18.9. The van der Waals surface area contributed by atoms with Crippen molar-refractivity contribution in [1.29, 1.82) is 0 Å². The Morgan fingerprint density at radius 2 is 1.96 bits per heavy atom. The van der Waals surface area contributed by atoms with Crippen molar-refractivity contribution in [3.8, 4) is 11.5 Å². The lowest BCUT2D eigenvalue weighted by molar-refractivity contribution is -0.914. The molecule has 0 radical (unpaired) electrons. The quantitative estimate of drug-likeness (QED) is 0.795. The van der Waals surface area contributed by atoms with Crippen molar-refractivity contribution in [3.05, 3.63) is 53.1 Å². The molecule has 0 unspecified atom stereocenters. The SMILES string of the molecule is C[C@H](C(=O)NCc1ccc2c(c1)OCO2)[NH+]1CCN(c2cccc(Cl)c2)CC1. The molecule has 1 amide bonds. The zero-order valence-corrected chi connectivity index (χ0v) is 16.7. The molecule has 0 saturated carbocycles. The van der Waals surface area contributed by atoms with Gasteiger partial charge in [-0.3, -0.25) is 4.79 Å². The van der Waals surface area contributed by atoms with Crippen LogP contribution in [0.1, 0.15) is 12.5 Å². The number of hydrogen-bond donors (Lipinski definition) is 2. The third kappa shape index (κ3) is 4.18. The molecule has 0 bridgehead atoms. The van der Waals surface area contributed by atoms with Crippen LogP contribution in [0.15, 0.2) is 42.5 Å². The topological polar surface area (TPSA) is 55.2 Å². The van der Waals surface area contributed by atoms with E-state index in [0.717, 1.165) is 54.0 Å². The van der Waals surface area contributed by atoms with Gasteiger partial charge in [0.2, 0.25) is 6.79 Å². The maximum absolute atomic E-state index is 12.6. The Bertz CT molecular complexity index is 853. The second-order valence-corrected chi connectivity index (χ2v) is 7.69. The number of benzene rings is 2.